The summed E-state index contributed by atoms with van der Waals surface area (Å²) in [6, 6.07) is 0. The summed E-state index contributed by atoms with van der Waals surface area (Å²) in [4.78, 5) is 45.8. The minimum absolute atomic E-state index is 0. The molecule has 9 heteroatoms. The molecule has 0 aliphatic carbocycles. The molecule has 0 fully saturated rings. The Morgan fingerprint density at radius 1 is 0.264 bits per heavy atom. The Labute approximate surface area is 340 Å². The number of allylic oxidation sites excluding steroid dienone is 8. The van der Waals surface area contributed by atoms with Crippen LogP contribution in [0.4, 0.5) is 0 Å². The largest absolute Gasteiger partial charge is 0.875 e. The molecule has 0 aliphatic rings. The molecule has 53 heavy (non-hydrogen) atoms. The van der Waals surface area contributed by atoms with E-state index in [4.69, 9.17) is 0 Å². The zero-order valence-electron chi connectivity index (χ0n) is 38.0. The molecular weight excluding hydrogens is 749 g/mol. The second kappa shape index (κ2) is 21.6. The van der Waals surface area contributed by atoms with Crippen molar-refractivity contribution >= 4 is 23.1 Å². The molecule has 8 nitrogen and oxygen atoms in total. The molecule has 0 N–H and O–H groups in total. The zero-order chi connectivity index (χ0) is 43.4. The van der Waals surface area contributed by atoms with Gasteiger partial charge >= 0.3 is 0 Å². The van der Waals surface area contributed by atoms with Gasteiger partial charge in [-0.15, -0.1) is 23.0 Å². The van der Waals surface area contributed by atoms with E-state index in [2.05, 4.69) is 0 Å². The fourth-order valence-corrected chi connectivity index (χ4v) is 2.21. The summed E-state index contributed by atoms with van der Waals surface area (Å²) in [5.74, 6) is -0.834. The minimum Gasteiger partial charge on any atom is -0.875 e. The van der Waals surface area contributed by atoms with Gasteiger partial charge in [0.2, 0.25) is 0 Å². The van der Waals surface area contributed by atoms with Gasteiger partial charge in [0.1, 0.15) is 0 Å². The molecule has 1 radical (unpaired) electrons. The van der Waals surface area contributed by atoms with E-state index in [1.807, 2.05) is 166 Å². The Morgan fingerprint density at radius 2 is 0.358 bits per heavy atom. The van der Waals surface area contributed by atoms with Crippen molar-refractivity contribution in [2.24, 2.45) is 43.3 Å². The first kappa shape index (κ1) is 59.8. The number of carbonyl (C=O) groups excluding carboxylic acids is 4. The normalized spacial score (nSPS) is 14.2. The molecule has 0 aromatic rings. The van der Waals surface area contributed by atoms with Gasteiger partial charge in [-0.1, -0.05) is 166 Å². The van der Waals surface area contributed by atoms with Crippen molar-refractivity contribution in [3.63, 3.8) is 0 Å². The van der Waals surface area contributed by atoms with Gasteiger partial charge in [0.15, 0.2) is 23.1 Å². The standard InChI is InChI=1S/4C11H20O2.Nb/c4*1-10(2,3)8(12)7-9(13)11(4,5)6;/h4*7,12H,1-6H3;/p-4/b4*8-7-;. The van der Waals surface area contributed by atoms with Crippen LogP contribution < -0.4 is 20.4 Å². The first-order chi connectivity index (χ1) is 22.2. The van der Waals surface area contributed by atoms with E-state index in [-0.39, 0.29) is 68.5 Å². The van der Waals surface area contributed by atoms with Crippen molar-refractivity contribution in [1.82, 2.24) is 0 Å². The quantitative estimate of drug-likeness (QED) is 0.159. The van der Waals surface area contributed by atoms with E-state index in [9.17, 15) is 39.6 Å². The van der Waals surface area contributed by atoms with Crippen LogP contribution in [0.15, 0.2) is 47.3 Å². The van der Waals surface area contributed by atoms with Gasteiger partial charge in [0.05, 0.1) is 0 Å². The summed E-state index contributed by atoms with van der Waals surface area (Å²) < 4.78 is 0. The van der Waals surface area contributed by atoms with Gasteiger partial charge in [-0.25, -0.2) is 0 Å². The van der Waals surface area contributed by atoms with Crippen LogP contribution in [0.2, 0.25) is 0 Å². The summed E-state index contributed by atoms with van der Waals surface area (Å²) in [5, 5.41) is 45.8. The Balaban J connectivity index is -0.000000192. The van der Waals surface area contributed by atoms with Crippen LogP contribution in [0.1, 0.15) is 166 Å². The average molecular weight is 826 g/mol. The van der Waals surface area contributed by atoms with E-state index in [0.717, 1.165) is 0 Å². The van der Waals surface area contributed by atoms with E-state index in [0.29, 0.717) is 0 Å². The SMILES string of the molecule is CC(C)(C)C(=O)/C=C(\[O-])C(C)(C)C.CC(C)(C)C(=O)/C=C(\[O-])C(C)(C)C.CC(C)(C)C(=O)/C=C(\[O-])C(C)(C)C.CC(C)(C)C(=O)/C=C(\[O-])C(C)(C)C.[Nb]. The predicted octanol–water partition coefficient (Wildman–Crippen LogP) is 7.57. The number of ketones is 4. The van der Waals surface area contributed by atoms with Crippen LogP contribution in [0, 0.1) is 43.3 Å². The summed E-state index contributed by atoms with van der Waals surface area (Å²) in [5.41, 5.74) is -3.66. The summed E-state index contributed by atoms with van der Waals surface area (Å²) in [7, 11) is 0. The summed E-state index contributed by atoms with van der Waals surface area (Å²) in [6.45, 7) is 43.4. The number of hydrogen-bond donors (Lipinski definition) is 0. The Kier molecular flexibility index (Phi) is 24.4. The maximum Gasteiger partial charge on any atom is 0.160 e. The van der Waals surface area contributed by atoms with Gasteiger partial charge in [-0.2, -0.15) is 0 Å². The third-order valence-electron chi connectivity index (χ3n) is 6.96. The Hall–Kier alpha value is -2.42. The molecule has 0 heterocycles. The maximum absolute atomic E-state index is 11.4. The van der Waals surface area contributed by atoms with Gasteiger partial charge in [0.25, 0.3) is 0 Å². The van der Waals surface area contributed by atoms with E-state index in [1.165, 1.54) is 24.3 Å². The molecule has 0 amide bonds. The van der Waals surface area contributed by atoms with Crippen molar-refractivity contribution in [3.05, 3.63) is 47.3 Å². The first-order valence-corrected chi connectivity index (χ1v) is 17.9. The fourth-order valence-electron chi connectivity index (χ4n) is 2.21. The molecule has 0 aromatic carbocycles. The van der Waals surface area contributed by atoms with E-state index in [1.54, 1.807) is 0 Å². The van der Waals surface area contributed by atoms with Crippen LogP contribution in [-0.4, -0.2) is 23.1 Å². The van der Waals surface area contributed by atoms with Gasteiger partial charge in [0, 0.05) is 44.0 Å². The van der Waals surface area contributed by atoms with Crippen molar-refractivity contribution in [2.75, 3.05) is 0 Å². The fraction of sp³-hybridized carbons (Fsp3) is 0.727. The van der Waals surface area contributed by atoms with Crippen LogP contribution >= 0.6 is 0 Å². The molecular formula is C44H76NbO8-4. The molecule has 0 rings (SSSR count). The molecule has 0 spiro atoms. The third kappa shape index (κ3) is 29.6. The Morgan fingerprint density at radius 3 is 0.415 bits per heavy atom. The van der Waals surface area contributed by atoms with E-state index >= 15 is 0 Å². The van der Waals surface area contributed by atoms with Crippen LogP contribution in [0.3, 0.4) is 0 Å². The van der Waals surface area contributed by atoms with Crippen LogP contribution in [-0.2, 0) is 41.6 Å². The molecule has 0 bridgehead atoms. The van der Waals surface area contributed by atoms with Gasteiger partial charge in [-0.3, -0.25) is 19.2 Å². The smallest absolute Gasteiger partial charge is 0.160 e. The van der Waals surface area contributed by atoms with E-state index < -0.39 is 43.3 Å². The maximum atomic E-state index is 11.4. The second-order valence-electron chi connectivity index (χ2n) is 21.5. The molecule has 0 saturated heterocycles. The molecule has 0 unspecified atom stereocenters. The second-order valence-corrected chi connectivity index (χ2v) is 21.5. The summed E-state index contributed by atoms with van der Waals surface area (Å²) >= 11 is 0. The van der Waals surface area contributed by atoms with Crippen LogP contribution in [0.5, 0.6) is 0 Å². The number of rotatable bonds is 4. The van der Waals surface area contributed by atoms with Crippen molar-refractivity contribution in [1.29, 1.82) is 0 Å². The minimum atomic E-state index is -0.457. The summed E-state index contributed by atoms with van der Waals surface area (Å²) in [6.07, 6.45) is 4.89. The Bertz CT molecular complexity index is 1110. The van der Waals surface area contributed by atoms with Crippen molar-refractivity contribution in [2.45, 2.75) is 166 Å². The van der Waals surface area contributed by atoms with Gasteiger partial charge in [-0.05, 0) is 46.0 Å². The molecule has 0 saturated carbocycles. The van der Waals surface area contributed by atoms with Crippen molar-refractivity contribution in [3.8, 4) is 0 Å². The molecule has 309 valence electrons. The average Bonchev–Trinajstić information content (AvgIpc) is 2.85. The van der Waals surface area contributed by atoms with Crippen molar-refractivity contribution < 1.29 is 62.0 Å². The van der Waals surface area contributed by atoms with Crippen LogP contribution in [0.25, 0.3) is 0 Å². The monoisotopic (exact) mass is 825 g/mol. The molecule has 0 aliphatic heterocycles. The first-order valence-electron chi connectivity index (χ1n) is 17.9. The topological polar surface area (TPSA) is 161 Å². The number of hydrogen-bond acceptors (Lipinski definition) is 8. The van der Waals surface area contributed by atoms with Gasteiger partial charge < -0.3 is 20.4 Å². The molecule has 0 atom stereocenters. The zero-order valence-corrected chi connectivity index (χ0v) is 40.2. The molecule has 0 aromatic heterocycles. The predicted molar refractivity (Wildman–Crippen MR) is 208 cm³/mol. The number of carbonyl (C=O) groups is 4. The third-order valence-corrected chi connectivity index (χ3v) is 6.96.